The minimum Gasteiger partial charge on any atom is -0.779 e. The largest absolute Gasteiger partial charge is 2.00 e. The summed E-state index contributed by atoms with van der Waals surface area (Å²) in [7, 11) is 0. The van der Waals surface area contributed by atoms with Crippen molar-refractivity contribution >= 4 is 100 Å². The Morgan fingerprint density at radius 3 is 1.27 bits per heavy atom. The summed E-state index contributed by atoms with van der Waals surface area (Å²) >= 11 is 14.6. The van der Waals surface area contributed by atoms with E-state index in [4.69, 9.17) is 25.3 Å². The van der Waals surface area contributed by atoms with Crippen molar-refractivity contribution in [1.82, 2.24) is 0 Å². The second-order valence-electron chi connectivity index (χ2n) is 9.42. The van der Waals surface area contributed by atoms with Crippen molar-refractivity contribution in [3.05, 3.63) is 121 Å². The molecule has 0 radical (unpaired) electrons. The molecule has 2 nitrogen and oxygen atoms in total. The van der Waals surface area contributed by atoms with Crippen molar-refractivity contribution in [2.24, 2.45) is 0 Å². The summed E-state index contributed by atoms with van der Waals surface area (Å²) in [6.45, 7) is 0. The van der Waals surface area contributed by atoms with Crippen LogP contribution in [-0.2, 0) is 25.3 Å². The molecule has 8 rings (SSSR count). The van der Waals surface area contributed by atoms with Crippen LogP contribution < -0.4 is 9.97 Å². The second-order valence-corrected chi connectivity index (χ2v) is 12.4. The zero-order chi connectivity index (χ0) is 27.1. The number of thiazole rings is 2. The van der Waals surface area contributed by atoms with Crippen molar-refractivity contribution < 1.29 is 9.97 Å². The van der Waals surface area contributed by atoms with Crippen LogP contribution in [0, 0.1) is 0 Å². The Labute approximate surface area is 260 Å². The third-order valence-corrected chi connectivity index (χ3v) is 9.78. The molecule has 0 unspecified atom stereocenters. The molecule has 41 heavy (non-hydrogen) atoms. The Morgan fingerprint density at radius 1 is 0.439 bits per heavy atom. The van der Waals surface area contributed by atoms with E-state index in [-0.39, 0.29) is 10.1 Å². The molecule has 192 valence electrons. The van der Waals surface area contributed by atoms with Gasteiger partial charge in [-0.15, -0.1) is 0 Å². The van der Waals surface area contributed by atoms with Crippen molar-refractivity contribution in [2.75, 3.05) is 0 Å². The maximum atomic E-state index is 5.55. The monoisotopic (exact) mass is 595 g/mol. The van der Waals surface area contributed by atoms with E-state index < -0.39 is 0 Å². The third-order valence-electron chi connectivity index (χ3n) is 6.93. The van der Waals surface area contributed by atoms with E-state index in [1.54, 1.807) is 22.7 Å². The van der Waals surface area contributed by atoms with E-state index >= 15 is 0 Å². The molecular weight excluding hydrogens is 574 g/mol. The molecule has 0 aliphatic rings. The minimum atomic E-state index is 0. The van der Waals surface area contributed by atoms with Crippen LogP contribution in [0.25, 0.3) is 63.1 Å². The van der Waals surface area contributed by atoms with Crippen LogP contribution >= 0.6 is 22.7 Å². The molecule has 0 fully saturated rings. The SMILES string of the molecule is [Be+2].[S-]c1ccc2ccccc2c1-c1[nH+]c2ccccc2s1.[S-]c1ccc2ccccc2c1-c1[nH+]c2ccccc2s1. The van der Waals surface area contributed by atoms with Crippen molar-refractivity contribution in [2.45, 2.75) is 9.79 Å². The normalized spacial score (nSPS) is 10.9. The van der Waals surface area contributed by atoms with Gasteiger partial charge in [-0.1, -0.05) is 120 Å². The summed E-state index contributed by atoms with van der Waals surface area (Å²) in [6, 6.07) is 41.7. The molecule has 6 aromatic carbocycles. The predicted molar refractivity (Wildman–Crippen MR) is 180 cm³/mol. The smallest absolute Gasteiger partial charge is 0.779 e. The molecule has 2 aromatic heterocycles. The number of aromatic amines is 2. The fourth-order valence-electron chi connectivity index (χ4n) is 5.03. The average Bonchev–Trinajstić information content (AvgIpc) is 3.61. The van der Waals surface area contributed by atoms with Gasteiger partial charge in [0.15, 0.2) is 0 Å². The standard InChI is InChI=1S/2C17H11NS2.Be/c2*19-14-10-9-11-5-1-2-6-12(11)16(14)17-18-13-7-3-4-8-15(13)20-17;/h2*1-10,19H;/q;;+2. The summed E-state index contributed by atoms with van der Waals surface area (Å²) in [5.74, 6) is 0. The molecule has 0 aliphatic carbocycles. The number of H-pyrrole nitrogens is 2. The van der Waals surface area contributed by atoms with Crippen molar-refractivity contribution in [3.63, 3.8) is 0 Å². The van der Waals surface area contributed by atoms with E-state index in [1.807, 2.05) is 24.3 Å². The molecule has 0 saturated carbocycles. The topological polar surface area (TPSA) is 28.3 Å². The van der Waals surface area contributed by atoms with Crippen LogP contribution in [0.1, 0.15) is 0 Å². The van der Waals surface area contributed by atoms with Crippen LogP contribution in [0.3, 0.4) is 0 Å². The molecule has 2 N–H and O–H groups in total. The Morgan fingerprint density at radius 2 is 0.829 bits per heavy atom. The number of nitrogens with one attached hydrogen (secondary N) is 2. The summed E-state index contributed by atoms with van der Waals surface area (Å²) in [4.78, 5) is 8.78. The van der Waals surface area contributed by atoms with Crippen LogP contribution in [0.4, 0.5) is 0 Å². The number of fused-ring (bicyclic) bond motifs is 4. The fourth-order valence-corrected chi connectivity index (χ4v) is 7.88. The Bertz CT molecular complexity index is 1950. The number of hydrogen-bond acceptors (Lipinski definition) is 4. The number of benzene rings is 6. The van der Waals surface area contributed by atoms with Gasteiger partial charge in [0.25, 0.3) is 10.0 Å². The molecule has 2 heterocycles. The summed E-state index contributed by atoms with van der Waals surface area (Å²) in [6.07, 6.45) is 0. The number of hydrogen-bond donors (Lipinski definition) is 0. The van der Waals surface area contributed by atoms with Gasteiger partial charge in [0.1, 0.15) is 9.40 Å². The van der Waals surface area contributed by atoms with E-state index in [9.17, 15) is 0 Å². The zero-order valence-electron chi connectivity index (χ0n) is 21.9. The molecule has 0 amide bonds. The Hall–Kier alpha value is -3.77. The van der Waals surface area contributed by atoms with Crippen LogP contribution in [0.2, 0.25) is 0 Å². The average molecular weight is 596 g/mol. The van der Waals surface area contributed by atoms with Gasteiger partial charge >= 0.3 is 10.1 Å². The van der Waals surface area contributed by atoms with Crippen molar-refractivity contribution in [1.29, 1.82) is 0 Å². The molecule has 0 atom stereocenters. The van der Waals surface area contributed by atoms with E-state index in [0.717, 1.165) is 42.0 Å². The van der Waals surface area contributed by atoms with Gasteiger partial charge in [-0.3, -0.25) is 0 Å². The summed E-state index contributed by atoms with van der Waals surface area (Å²) in [5, 5.41) is 7.13. The molecule has 7 heteroatoms. The first-order valence-corrected chi connectivity index (χ1v) is 15.3. The number of para-hydroxylation sites is 2. The first kappa shape index (κ1) is 27.4. The molecule has 0 aliphatic heterocycles. The van der Waals surface area contributed by atoms with Gasteiger partial charge in [-0.2, -0.15) is 19.8 Å². The predicted octanol–water partition coefficient (Wildman–Crippen LogP) is 8.50. The molecule has 0 saturated heterocycles. The van der Waals surface area contributed by atoms with E-state index in [1.165, 1.54) is 30.9 Å². The maximum absolute atomic E-state index is 5.55. The summed E-state index contributed by atoms with van der Waals surface area (Å²) < 4.78 is 2.51. The second kappa shape index (κ2) is 11.6. The van der Waals surface area contributed by atoms with Gasteiger partial charge < -0.3 is 25.3 Å². The van der Waals surface area contributed by atoms with Crippen molar-refractivity contribution in [3.8, 4) is 21.1 Å². The number of aromatic nitrogens is 2. The van der Waals surface area contributed by atoms with E-state index in [0.29, 0.717) is 0 Å². The van der Waals surface area contributed by atoms with Gasteiger partial charge in [-0.25, -0.2) is 0 Å². The third kappa shape index (κ3) is 5.21. The van der Waals surface area contributed by atoms with Crippen LogP contribution in [0.15, 0.2) is 131 Å². The van der Waals surface area contributed by atoms with Crippen LogP contribution in [0.5, 0.6) is 0 Å². The molecular formula is C34H22BeN2S4+2. The summed E-state index contributed by atoms with van der Waals surface area (Å²) in [5.41, 5.74) is 4.60. The Balaban J connectivity index is 0.000000144. The van der Waals surface area contributed by atoms with Gasteiger partial charge in [0.05, 0.1) is 0 Å². The number of rotatable bonds is 2. The molecule has 0 bridgehead atoms. The zero-order valence-corrected chi connectivity index (χ0v) is 25.2. The maximum Gasteiger partial charge on any atom is 2.00 e. The van der Waals surface area contributed by atoms with Crippen LogP contribution in [-0.4, -0.2) is 10.1 Å². The first-order chi connectivity index (χ1) is 19.7. The molecule has 0 spiro atoms. The van der Waals surface area contributed by atoms with E-state index in [2.05, 4.69) is 107 Å². The quantitative estimate of drug-likeness (QED) is 0.148. The van der Waals surface area contributed by atoms with Gasteiger partial charge in [-0.05, 0) is 33.7 Å². The van der Waals surface area contributed by atoms with Gasteiger partial charge in [0, 0.05) is 23.3 Å². The molecule has 8 aromatic rings. The minimum absolute atomic E-state index is 0. The van der Waals surface area contributed by atoms with Gasteiger partial charge in [0.2, 0.25) is 11.0 Å². The fraction of sp³-hybridized carbons (Fsp3) is 0. The Kier molecular flexibility index (Phi) is 7.76. The first-order valence-electron chi connectivity index (χ1n) is 12.9.